The molecule has 0 aliphatic carbocycles. The summed E-state index contributed by atoms with van der Waals surface area (Å²) in [5, 5.41) is 5.90. The van der Waals surface area contributed by atoms with Crippen LogP contribution >= 0.6 is 0 Å². The Balaban J connectivity index is 1.47. The van der Waals surface area contributed by atoms with E-state index in [1.165, 1.54) is 28.3 Å². The van der Waals surface area contributed by atoms with E-state index in [9.17, 15) is 0 Å². The molecule has 0 saturated carbocycles. The minimum absolute atomic E-state index is 0.670. The van der Waals surface area contributed by atoms with Crippen LogP contribution in [-0.4, -0.2) is 32.9 Å². The fourth-order valence-corrected chi connectivity index (χ4v) is 3.55. The summed E-state index contributed by atoms with van der Waals surface area (Å²) >= 11 is 0. The van der Waals surface area contributed by atoms with E-state index in [-0.39, 0.29) is 0 Å². The molecular weight excluding hydrogens is 298 g/mol. The number of benzene rings is 2. The van der Waals surface area contributed by atoms with Crippen LogP contribution in [0.1, 0.15) is 24.8 Å². The van der Waals surface area contributed by atoms with Crippen LogP contribution in [-0.2, 0) is 4.74 Å². The second-order valence-corrected chi connectivity index (χ2v) is 6.77. The number of ether oxygens (including phenoxy) is 2. The first kappa shape index (κ1) is 15.7. The SMILES string of the molecule is C1=C(c2ccc3ccc(OCCC4CCOC4)cc3c2)CCNC1. The summed E-state index contributed by atoms with van der Waals surface area (Å²) < 4.78 is 11.4. The van der Waals surface area contributed by atoms with Crippen molar-refractivity contribution in [2.75, 3.05) is 32.9 Å². The Labute approximate surface area is 143 Å². The molecule has 2 heterocycles. The van der Waals surface area contributed by atoms with Gasteiger partial charge in [0.25, 0.3) is 0 Å². The predicted octanol–water partition coefficient (Wildman–Crippen LogP) is 4.02. The zero-order chi connectivity index (χ0) is 16.2. The Bertz CT molecular complexity index is 732. The molecule has 2 aliphatic heterocycles. The molecule has 2 aromatic rings. The van der Waals surface area contributed by atoms with Gasteiger partial charge in [0.15, 0.2) is 0 Å². The number of hydrogen-bond acceptors (Lipinski definition) is 3. The normalized spacial score (nSPS) is 21.0. The third-order valence-corrected chi connectivity index (χ3v) is 5.07. The predicted molar refractivity (Wildman–Crippen MR) is 98.4 cm³/mol. The van der Waals surface area contributed by atoms with Crippen LogP contribution in [0, 0.1) is 5.92 Å². The summed E-state index contributed by atoms with van der Waals surface area (Å²) in [6.07, 6.45) is 5.66. The van der Waals surface area contributed by atoms with E-state index in [1.54, 1.807) is 0 Å². The molecule has 0 bridgehead atoms. The van der Waals surface area contributed by atoms with Crippen LogP contribution in [0.3, 0.4) is 0 Å². The number of hydrogen-bond donors (Lipinski definition) is 1. The third kappa shape index (κ3) is 3.63. The van der Waals surface area contributed by atoms with Crippen molar-refractivity contribution in [3.8, 4) is 5.75 Å². The summed E-state index contributed by atoms with van der Waals surface area (Å²) in [6, 6.07) is 13.2. The van der Waals surface area contributed by atoms with Gasteiger partial charge in [-0.2, -0.15) is 0 Å². The Morgan fingerprint density at radius 2 is 2.08 bits per heavy atom. The van der Waals surface area contributed by atoms with Gasteiger partial charge in [-0.3, -0.25) is 0 Å². The lowest BCUT2D eigenvalue weighted by molar-refractivity contribution is 0.178. The van der Waals surface area contributed by atoms with Crippen LogP contribution in [0.25, 0.3) is 16.3 Å². The summed E-state index contributed by atoms with van der Waals surface area (Å²) in [4.78, 5) is 0. The minimum atomic E-state index is 0.670. The average Bonchev–Trinajstić information content (AvgIpc) is 3.15. The van der Waals surface area contributed by atoms with Gasteiger partial charge < -0.3 is 14.8 Å². The maximum Gasteiger partial charge on any atom is 0.119 e. The van der Waals surface area contributed by atoms with Gasteiger partial charge in [-0.25, -0.2) is 0 Å². The van der Waals surface area contributed by atoms with E-state index in [0.717, 1.165) is 51.5 Å². The topological polar surface area (TPSA) is 30.5 Å². The Morgan fingerprint density at radius 1 is 1.12 bits per heavy atom. The molecule has 2 aromatic carbocycles. The zero-order valence-electron chi connectivity index (χ0n) is 14.1. The van der Waals surface area contributed by atoms with Gasteiger partial charge in [-0.05, 0) is 71.8 Å². The van der Waals surface area contributed by atoms with Crippen LogP contribution in [0.4, 0.5) is 0 Å². The van der Waals surface area contributed by atoms with E-state index in [4.69, 9.17) is 9.47 Å². The summed E-state index contributed by atoms with van der Waals surface area (Å²) in [6.45, 7) is 4.62. The molecule has 0 amide bonds. The molecule has 4 rings (SSSR count). The van der Waals surface area contributed by atoms with Gasteiger partial charge in [-0.15, -0.1) is 0 Å². The lowest BCUT2D eigenvalue weighted by Gasteiger charge is -2.15. The standard InChI is InChI=1S/C21H25NO2/c1-2-19(18-5-9-22-10-6-18)13-20-14-21(4-3-17(1)20)24-12-8-16-7-11-23-15-16/h1-5,13-14,16,22H,6-12,15H2. The first-order valence-electron chi connectivity index (χ1n) is 9.03. The molecule has 24 heavy (non-hydrogen) atoms. The Kier molecular flexibility index (Phi) is 4.81. The molecule has 2 aliphatic rings. The Hall–Kier alpha value is -1.84. The molecular formula is C21H25NO2. The van der Waals surface area contributed by atoms with E-state index in [1.807, 2.05) is 0 Å². The largest absolute Gasteiger partial charge is 0.494 e. The highest BCUT2D eigenvalue weighted by atomic mass is 16.5. The first-order chi connectivity index (χ1) is 11.9. The van der Waals surface area contributed by atoms with E-state index < -0.39 is 0 Å². The lowest BCUT2D eigenvalue weighted by Crippen LogP contribution is -2.19. The molecule has 126 valence electrons. The van der Waals surface area contributed by atoms with Crippen molar-refractivity contribution < 1.29 is 9.47 Å². The van der Waals surface area contributed by atoms with Crippen LogP contribution in [0.15, 0.2) is 42.5 Å². The van der Waals surface area contributed by atoms with Crippen LogP contribution in [0.2, 0.25) is 0 Å². The van der Waals surface area contributed by atoms with Crippen molar-refractivity contribution in [2.24, 2.45) is 5.92 Å². The maximum absolute atomic E-state index is 5.98. The quantitative estimate of drug-likeness (QED) is 0.901. The monoisotopic (exact) mass is 323 g/mol. The van der Waals surface area contributed by atoms with Gasteiger partial charge in [0, 0.05) is 19.8 Å². The van der Waals surface area contributed by atoms with Crippen molar-refractivity contribution >= 4 is 16.3 Å². The van der Waals surface area contributed by atoms with E-state index in [2.05, 4.69) is 47.8 Å². The highest BCUT2D eigenvalue weighted by Gasteiger charge is 2.15. The molecule has 1 saturated heterocycles. The second-order valence-electron chi connectivity index (χ2n) is 6.77. The fraction of sp³-hybridized carbons (Fsp3) is 0.429. The Morgan fingerprint density at radius 3 is 2.92 bits per heavy atom. The van der Waals surface area contributed by atoms with Crippen molar-refractivity contribution in [3.05, 3.63) is 48.0 Å². The third-order valence-electron chi connectivity index (χ3n) is 5.07. The first-order valence-corrected chi connectivity index (χ1v) is 9.03. The van der Waals surface area contributed by atoms with Crippen LogP contribution < -0.4 is 10.1 Å². The van der Waals surface area contributed by atoms with E-state index >= 15 is 0 Å². The molecule has 1 atom stereocenters. The highest BCUT2D eigenvalue weighted by molar-refractivity contribution is 5.87. The lowest BCUT2D eigenvalue weighted by atomic mass is 9.97. The minimum Gasteiger partial charge on any atom is -0.494 e. The molecule has 3 heteroatoms. The zero-order valence-corrected chi connectivity index (χ0v) is 14.1. The maximum atomic E-state index is 5.98. The van der Waals surface area contributed by atoms with Gasteiger partial charge in [-0.1, -0.05) is 24.3 Å². The molecule has 0 aromatic heterocycles. The molecule has 1 N–H and O–H groups in total. The summed E-state index contributed by atoms with van der Waals surface area (Å²) in [5.74, 6) is 1.64. The van der Waals surface area contributed by atoms with Gasteiger partial charge in [0.05, 0.1) is 6.61 Å². The number of rotatable bonds is 5. The van der Waals surface area contributed by atoms with E-state index in [0.29, 0.717) is 5.92 Å². The molecule has 0 spiro atoms. The summed E-state index contributed by atoms with van der Waals surface area (Å²) in [7, 11) is 0. The van der Waals surface area contributed by atoms with Gasteiger partial charge in [0.1, 0.15) is 5.75 Å². The smallest absolute Gasteiger partial charge is 0.119 e. The molecule has 0 radical (unpaired) electrons. The van der Waals surface area contributed by atoms with Crippen LogP contribution in [0.5, 0.6) is 5.75 Å². The molecule has 1 fully saturated rings. The van der Waals surface area contributed by atoms with Gasteiger partial charge in [0.2, 0.25) is 0 Å². The van der Waals surface area contributed by atoms with Crippen molar-refractivity contribution in [1.82, 2.24) is 5.32 Å². The molecule has 1 unspecified atom stereocenters. The summed E-state index contributed by atoms with van der Waals surface area (Å²) in [5.41, 5.74) is 2.78. The number of nitrogens with one attached hydrogen (secondary N) is 1. The highest BCUT2D eigenvalue weighted by Crippen LogP contribution is 2.27. The second kappa shape index (κ2) is 7.37. The number of fused-ring (bicyclic) bond motifs is 1. The van der Waals surface area contributed by atoms with Gasteiger partial charge >= 0.3 is 0 Å². The van der Waals surface area contributed by atoms with Crippen molar-refractivity contribution in [3.63, 3.8) is 0 Å². The average molecular weight is 323 g/mol. The van der Waals surface area contributed by atoms with Crippen molar-refractivity contribution in [1.29, 1.82) is 0 Å². The molecule has 3 nitrogen and oxygen atoms in total. The fourth-order valence-electron chi connectivity index (χ4n) is 3.55. The van der Waals surface area contributed by atoms with Crippen molar-refractivity contribution in [2.45, 2.75) is 19.3 Å².